The van der Waals surface area contributed by atoms with Gasteiger partial charge >= 0.3 is 36.1 Å². The lowest BCUT2D eigenvalue weighted by Gasteiger charge is -2.25. The number of carbonyl (C=O) groups is 9. The molecular weight excluding hydrogens is 1910 g/mol. The number of nitro benzene ring substituents is 2. The molecule has 1 saturated carbocycles. The second-order valence-electron chi connectivity index (χ2n) is 33.3. The summed E-state index contributed by atoms with van der Waals surface area (Å²) in [6, 6.07) is 110. The molecule has 0 unspecified atom stereocenters. The van der Waals surface area contributed by atoms with Gasteiger partial charge < -0.3 is 39.7 Å². The maximum absolute atomic E-state index is 12.5. The van der Waals surface area contributed by atoms with Crippen LogP contribution in [0.5, 0.6) is 0 Å². The van der Waals surface area contributed by atoms with Crippen LogP contribution < -0.4 is 10.6 Å². The molecule has 1 aliphatic carbocycles. The Morgan fingerprint density at radius 2 is 0.813 bits per heavy atom. The SMILES string of the molecule is CCCCNC(=O)ON1C(=O)c2cccc3cccc(c23)C1=O.CCN(CC)C(=O)O/N=C(\C)c1ccc2ccccc2c1.O=C(CCC(=O)ON=C(c1ccccn1)c1ccccn1)ON=C(c1ccccc1)c1ccccc1.O=C(CNC1CCCCC1)Cc1c([N+](=O)[O-])cccc1[N+](=O)[O-].O=C(Cc1ccccc1)ON=C(c1ccccc1)c1ccccc1.O=C(O/N=C(\c1ccccc1)c1ccccn1)c1ccccc1. The first-order valence-electron chi connectivity index (χ1n) is 48.4. The molecule has 2 aliphatic rings. The molecule has 0 saturated heterocycles. The highest BCUT2D eigenvalue weighted by atomic mass is 16.7. The zero-order valence-electron chi connectivity index (χ0n) is 82.7. The Balaban J connectivity index is 0.000000161. The van der Waals surface area contributed by atoms with Crippen molar-refractivity contribution in [1.82, 2.24) is 35.5 Å². The first kappa shape index (κ1) is 110. The summed E-state index contributed by atoms with van der Waals surface area (Å²) in [5.74, 6) is -3.81. The van der Waals surface area contributed by atoms with Crippen LogP contribution in [0.2, 0.25) is 0 Å². The summed E-state index contributed by atoms with van der Waals surface area (Å²) in [4.78, 5) is 175. The van der Waals surface area contributed by atoms with Gasteiger partial charge in [0.2, 0.25) is 0 Å². The molecule has 150 heavy (non-hydrogen) atoms. The van der Waals surface area contributed by atoms with E-state index in [1.54, 1.807) is 108 Å². The van der Waals surface area contributed by atoms with Crippen LogP contribution in [-0.2, 0) is 61.0 Å². The Morgan fingerprint density at radius 1 is 0.407 bits per heavy atom. The molecule has 0 radical (unpaired) electrons. The third kappa shape index (κ3) is 33.5. The molecule has 0 atom stereocenters. The van der Waals surface area contributed by atoms with Crippen molar-refractivity contribution in [3.05, 3.63) is 481 Å². The maximum Gasteiger partial charge on any atom is 0.435 e. The molecule has 3 aromatic heterocycles. The molecule has 0 bridgehead atoms. The molecule has 4 amide bonds. The minimum absolute atomic E-state index is 0.0773. The van der Waals surface area contributed by atoms with Gasteiger partial charge in [0.1, 0.15) is 22.7 Å². The Morgan fingerprint density at radius 3 is 1.27 bits per heavy atom. The number of aromatic nitrogens is 3. The molecule has 1 fully saturated rings. The normalized spacial score (nSPS) is 11.7. The third-order valence-corrected chi connectivity index (χ3v) is 22.9. The van der Waals surface area contributed by atoms with Crippen LogP contribution in [-0.4, -0.2) is 149 Å². The van der Waals surface area contributed by atoms with E-state index in [4.69, 9.17) is 29.0 Å². The van der Waals surface area contributed by atoms with Crippen molar-refractivity contribution in [2.45, 2.75) is 104 Å². The molecule has 17 rings (SSSR count). The van der Waals surface area contributed by atoms with E-state index in [0.29, 0.717) is 92.4 Å². The second-order valence-corrected chi connectivity index (χ2v) is 33.3. The van der Waals surface area contributed by atoms with E-state index < -0.39 is 51.8 Å². The van der Waals surface area contributed by atoms with Crippen molar-refractivity contribution in [2.24, 2.45) is 25.8 Å². The van der Waals surface area contributed by atoms with Gasteiger partial charge in [-0.05, 0) is 140 Å². The molecule has 12 aromatic carbocycles. The predicted molar refractivity (Wildman–Crippen MR) is 570 cm³/mol. The Hall–Kier alpha value is -19.1. The zero-order valence-corrected chi connectivity index (χ0v) is 82.7. The van der Waals surface area contributed by atoms with Crippen molar-refractivity contribution < 1.29 is 82.0 Å². The van der Waals surface area contributed by atoms with Crippen LogP contribution in [0, 0.1) is 20.2 Å². The smallest absolute Gasteiger partial charge is 0.320 e. The topological polar surface area (TPSA) is 426 Å². The van der Waals surface area contributed by atoms with E-state index in [1.165, 1.54) is 30.0 Å². The van der Waals surface area contributed by atoms with Gasteiger partial charge in [0.05, 0.1) is 75.1 Å². The first-order chi connectivity index (χ1) is 73.1. The highest BCUT2D eigenvalue weighted by Crippen LogP contribution is 2.32. The number of nitrogens with one attached hydrogen (secondary N) is 2. The lowest BCUT2D eigenvalue weighted by molar-refractivity contribution is -0.395. The van der Waals surface area contributed by atoms with Crippen molar-refractivity contribution in [3.8, 4) is 0 Å². The van der Waals surface area contributed by atoms with Gasteiger partial charge in [0.25, 0.3) is 23.2 Å². The molecule has 33 heteroatoms. The van der Waals surface area contributed by atoms with Crippen molar-refractivity contribution >= 4 is 115 Å². The summed E-state index contributed by atoms with van der Waals surface area (Å²) >= 11 is 0. The van der Waals surface area contributed by atoms with Crippen LogP contribution in [0.1, 0.15) is 178 Å². The van der Waals surface area contributed by atoms with Gasteiger partial charge in [-0.3, -0.25) is 54.4 Å². The molecule has 4 heterocycles. The monoisotopic (exact) mass is 2010 g/mol. The molecule has 0 spiro atoms. The van der Waals surface area contributed by atoms with Crippen LogP contribution in [0.3, 0.4) is 0 Å². The van der Waals surface area contributed by atoms with E-state index in [-0.39, 0.29) is 67.0 Å². The largest absolute Gasteiger partial charge is 0.435 e. The van der Waals surface area contributed by atoms with Crippen molar-refractivity contribution in [2.75, 3.05) is 26.2 Å². The lowest BCUT2D eigenvalue weighted by atomic mass is 9.95. The number of imide groups is 1. The number of nitro groups is 2. The maximum atomic E-state index is 12.5. The molecular formula is C117H108N14O19. The van der Waals surface area contributed by atoms with Crippen molar-refractivity contribution in [3.63, 3.8) is 0 Å². The Bertz CT molecular complexity index is 6870. The number of hydrogen-bond acceptors (Lipinski definition) is 28. The number of unbranched alkanes of at least 4 members (excludes halogenated alkanes) is 1. The third-order valence-electron chi connectivity index (χ3n) is 22.9. The summed E-state index contributed by atoms with van der Waals surface area (Å²) in [7, 11) is 0. The van der Waals surface area contributed by atoms with Crippen LogP contribution in [0.25, 0.3) is 21.5 Å². The number of amides is 4. The van der Waals surface area contributed by atoms with E-state index in [0.717, 1.165) is 88.2 Å². The highest BCUT2D eigenvalue weighted by molar-refractivity contribution is 6.25. The highest BCUT2D eigenvalue weighted by Gasteiger charge is 2.37. The number of rotatable bonds is 33. The fourth-order valence-electron chi connectivity index (χ4n) is 15.2. The molecule has 2 N–H and O–H groups in total. The number of fused-ring (bicyclic) bond motifs is 1. The van der Waals surface area contributed by atoms with E-state index in [2.05, 4.69) is 57.4 Å². The summed E-state index contributed by atoms with van der Waals surface area (Å²) in [6.07, 6.45) is 10.3. The van der Waals surface area contributed by atoms with Crippen LogP contribution in [0.4, 0.5) is 21.0 Å². The fraction of sp³-hybridized carbons (Fsp3) is 0.171. The van der Waals surface area contributed by atoms with Gasteiger partial charge in [0, 0.05) is 96.0 Å². The molecule has 760 valence electrons. The summed E-state index contributed by atoms with van der Waals surface area (Å²) < 4.78 is 0. The van der Waals surface area contributed by atoms with Crippen LogP contribution in [0.15, 0.2) is 408 Å². The van der Waals surface area contributed by atoms with Crippen LogP contribution >= 0.6 is 0 Å². The Labute approximate surface area is 865 Å². The van der Waals surface area contributed by atoms with Gasteiger partial charge in [-0.2, -0.15) is 0 Å². The van der Waals surface area contributed by atoms with Gasteiger partial charge in [0.15, 0.2) is 11.5 Å². The average molecular weight is 2010 g/mol. The minimum Gasteiger partial charge on any atom is -0.320 e. The number of hydrogen-bond donors (Lipinski definition) is 2. The van der Waals surface area contributed by atoms with E-state index >= 15 is 0 Å². The van der Waals surface area contributed by atoms with E-state index in [1.807, 2.05) is 282 Å². The molecule has 1 aliphatic heterocycles. The number of benzene rings is 12. The second kappa shape index (κ2) is 58.6. The fourth-order valence-corrected chi connectivity index (χ4v) is 15.2. The number of nitrogens with zero attached hydrogens (tertiary/aromatic N) is 12. The Kier molecular flexibility index (Phi) is 42.9. The molecule has 15 aromatic rings. The number of carbonyl (C=O) groups excluding carboxylic acids is 9. The lowest BCUT2D eigenvalue weighted by Crippen LogP contribution is -2.44. The van der Waals surface area contributed by atoms with Gasteiger partial charge in [-0.1, -0.05) is 343 Å². The standard InChI is InChI=1S/C28H22N4O4.C21H17NO2.C19H14N2O2.C17H16N2O4.C17H20N2O2.C15H19N3O5/c33-25(35-31-27(21-11-3-1-4-12-21)22-13-5-2-6-14-22)17-18-26(34)36-32-28(23-15-7-9-19-29-23)24-16-8-10-20-30-24;23-20(16-17-10-4-1-5-11-17)24-22-21(18-12-6-2-7-13-18)19-14-8-3-9-15-19;22-19(16-11-5-2-6-12-16)23-21-18(15-9-3-1-4-10-15)17-13-7-8-14-20-17;1-2-3-10-18-17(22)23-19-15(20)12-8-4-6-11-7-5-9-13(14(11)12)16(19)21;1-4-19(5-2)17(20)21-18-13(3)15-11-10-14-8-6-7-9-16(14)12-15;19-12(10-16-11-5-2-1-3-6-11)9-13-14(17(20)21)7-4-8-15(13)18(22)23/h1-16,19-20H,17-18H2;1-15H,16H2;1-14H;4-9H,2-3,10H2,1H3,(H,18,22);6-12H,4-5H2,1-3H3;4,7-8,11,16H,1-3,5-6,9-10H2/b;;21-18+;;18-13+;. The minimum atomic E-state index is -0.813. The van der Waals surface area contributed by atoms with Gasteiger partial charge in [-0.15, -0.1) is 0 Å². The summed E-state index contributed by atoms with van der Waals surface area (Å²) in [5.41, 5.74) is 10.6. The van der Waals surface area contributed by atoms with E-state index in [9.17, 15) is 63.4 Å². The number of ketones is 1. The zero-order chi connectivity index (χ0) is 106. The number of hydroxylamine groups is 2. The summed E-state index contributed by atoms with van der Waals surface area (Å²) in [6.45, 7) is 9.36. The van der Waals surface area contributed by atoms with Crippen molar-refractivity contribution in [1.29, 1.82) is 0 Å². The average Bonchev–Trinajstić information content (AvgIpc) is 0.745. The number of pyridine rings is 3. The molecule has 33 nitrogen and oxygen atoms in total. The quantitative estimate of drug-likeness (QED) is 0.00963. The number of oxime groups is 5. The number of Topliss-reactive ketones (excluding diaryl/α,β-unsaturated/α-hetero) is 1. The first-order valence-corrected chi connectivity index (χ1v) is 48.4. The predicted octanol–water partition coefficient (Wildman–Crippen LogP) is 21.9. The summed E-state index contributed by atoms with van der Waals surface area (Å²) in [5, 5.41) is 52.1. The van der Waals surface area contributed by atoms with Gasteiger partial charge in [-0.25, -0.2) is 28.8 Å².